The van der Waals surface area contributed by atoms with E-state index >= 15 is 0 Å². The minimum Gasteiger partial charge on any atom is -0.458 e. The van der Waals surface area contributed by atoms with Gasteiger partial charge in [-0.3, -0.25) is 4.99 Å². The SMILES string of the molecule is CC(C)(C)OC(=O)[C@@H](Cc1cn(C(=O)OC(C)(C)C)c2ncccc12)N=C1CC2CCC1(C)C2(C)C. The Kier molecular flexibility index (Phi) is 6.37. The minimum atomic E-state index is -0.705. The first-order chi connectivity index (χ1) is 16.5. The van der Waals surface area contributed by atoms with E-state index in [1.54, 1.807) is 12.4 Å². The van der Waals surface area contributed by atoms with Crippen molar-refractivity contribution in [2.24, 2.45) is 21.7 Å². The molecule has 2 unspecified atom stereocenters. The summed E-state index contributed by atoms with van der Waals surface area (Å²) < 4.78 is 12.9. The molecule has 4 rings (SSSR count). The van der Waals surface area contributed by atoms with Crippen LogP contribution in [-0.2, 0) is 20.7 Å². The first kappa shape index (κ1) is 26.4. The highest BCUT2D eigenvalue weighted by atomic mass is 16.6. The normalized spacial score (nSPS) is 25.4. The molecule has 2 aliphatic rings. The van der Waals surface area contributed by atoms with Crippen molar-refractivity contribution in [3.8, 4) is 0 Å². The average molecular weight is 496 g/mol. The Morgan fingerprint density at radius 1 is 1.14 bits per heavy atom. The summed E-state index contributed by atoms with van der Waals surface area (Å²) >= 11 is 0. The van der Waals surface area contributed by atoms with Gasteiger partial charge in [0.15, 0.2) is 6.04 Å². The van der Waals surface area contributed by atoms with Gasteiger partial charge in [0.25, 0.3) is 0 Å². The number of aromatic nitrogens is 2. The molecule has 0 radical (unpaired) electrons. The Morgan fingerprint density at radius 3 is 2.36 bits per heavy atom. The van der Waals surface area contributed by atoms with Crippen LogP contribution in [0.4, 0.5) is 4.79 Å². The maximum Gasteiger partial charge on any atom is 0.420 e. The van der Waals surface area contributed by atoms with Crippen LogP contribution < -0.4 is 0 Å². The van der Waals surface area contributed by atoms with Gasteiger partial charge in [0.05, 0.1) is 0 Å². The predicted octanol–water partition coefficient (Wildman–Crippen LogP) is 6.36. The van der Waals surface area contributed by atoms with Crippen molar-refractivity contribution in [1.82, 2.24) is 9.55 Å². The first-order valence-electron chi connectivity index (χ1n) is 13.0. The lowest BCUT2D eigenvalue weighted by Crippen LogP contribution is -2.36. The van der Waals surface area contributed by atoms with E-state index in [1.165, 1.54) is 11.0 Å². The Balaban J connectivity index is 1.74. The van der Waals surface area contributed by atoms with Crippen LogP contribution in [0.15, 0.2) is 29.5 Å². The molecule has 196 valence electrons. The highest BCUT2D eigenvalue weighted by Crippen LogP contribution is 2.64. The van der Waals surface area contributed by atoms with E-state index in [0.29, 0.717) is 18.0 Å². The van der Waals surface area contributed by atoms with E-state index in [4.69, 9.17) is 14.5 Å². The lowest BCUT2D eigenvalue weighted by molar-refractivity contribution is -0.156. The molecule has 2 aromatic heterocycles. The van der Waals surface area contributed by atoms with Crippen molar-refractivity contribution in [1.29, 1.82) is 0 Å². The molecule has 0 spiro atoms. The third-order valence-electron chi connectivity index (χ3n) is 8.15. The van der Waals surface area contributed by atoms with Crippen LogP contribution in [-0.4, -0.2) is 44.6 Å². The van der Waals surface area contributed by atoms with E-state index < -0.39 is 23.3 Å². The molecule has 2 fully saturated rings. The summed E-state index contributed by atoms with van der Waals surface area (Å²) in [6.45, 7) is 18.1. The molecule has 2 aliphatic carbocycles. The van der Waals surface area contributed by atoms with Crippen molar-refractivity contribution in [3.05, 3.63) is 30.1 Å². The van der Waals surface area contributed by atoms with Crippen LogP contribution in [0, 0.1) is 16.7 Å². The van der Waals surface area contributed by atoms with E-state index in [-0.39, 0.29) is 16.8 Å². The molecule has 2 aromatic rings. The monoisotopic (exact) mass is 495 g/mol. The van der Waals surface area contributed by atoms with Crippen LogP contribution in [0.5, 0.6) is 0 Å². The molecule has 36 heavy (non-hydrogen) atoms. The van der Waals surface area contributed by atoms with Gasteiger partial charge >= 0.3 is 12.1 Å². The molecule has 7 nitrogen and oxygen atoms in total. The van der Waals surface area contributed by atoms with Gasteiger partial charge < -0.3 is 9.47 Å². The van der Waals surface area contributed by atoms with Crippen molar-refractivity contribution < 1.29 is 19.1 Å². The highest BCUT2D eigenvalue weighted by molar-refractivity contribution is 5.96. The van der Waals surface area contributed by atoms with Gasteiger partial charge in [0.1, 0.15) is 16.8 Å². The van der Waals surface area contributed by atoms with Crippen LogP contribution in [0.25, 0.3) is 11.0 Å². The number of hydrogen-bond acceptors (Lipinski definition) is 6. The maximum absolute atomic E-state index is 13.4. The van der Waals surface area contributed by atoms with Gasteiger partial charge in [0.2, 0.25) is 0 Å². The van der Waals surface area contributed by atoms with Crippen molar-refractivity contribution >= 4 is 28.8 Å². The molecule has 0 aromatic carbocycles. The predicted molar refractivity (Wildman–Crippen MR) is 141 cm³/mol. The van der Waals surface area contributed by atoms with E-state index in [9.17, 15) is 9.59 Å². The topological polar surface area (TPSA) is 82.8 Å². The van der Waals surface area contributed by atoms with Gasteiger partial charge in [-0.2, -0.15) is 0 Å². The number of carbonyl (C=O) groups is 2. The molecule has 0 aliphatic heterocycles. The summed E-state index contributed by atoms with van der Waals surface area (Å²) in [6, 6.07) is 3.04. The standard InChI is InChI=1S/C29H41N3O4/c1-26(2,3)35-24(33)21(31-22-16-19-12-13-29(22,9)28(19,7)8)15-18-17-32(25(34)36-27(4,5)6)23-20(18)11-10-14-30-23/h10-11,14,17,19,21H,12-13,15-16H2,1-9H3/t19?,21-,29?/m1/s1. The average Bonchev–Trinajstić information content (AvgIpc) is 3.27. The number of hydrogen-bond donors (Lipinski definition) is 0. The molecule has 2 bridgehead atoms. The molecular formula is C29H41N3O4. The number of aliphatic imine (C=N–C) groups is 1. The number of ether oxygens (including phenoxy) is 2. The highest BCUT2D eigenvalue weighted by Gasteiger charge is 2.60. The number of pyridine rings is 1. The fourth-order valence-electron chi connectivity index (χ4n) is 5.81. The van der Waals surface area contributed by atoms with Crippen molar-refractivity contribution in [2.75, 3.05) is 0 Å². The van der Waals surface area contributed by atoms with Gasteiger partial charge in [0, 0.05) is 35.3 Å². The zero-order valence-corrected chi connectivity index (χ0v) is 23.3. The number of fused-ring (bicyclic) bond motifs is 3. The van der Waals surface area contributed by atoms with Gasteiger partial charge in [-0.1, -0.05) is 20.8 Å². The number of nitrogens with zero attached hydrogens (tertiary/aromatic N) is 3. The molecule has 2 saturated carbocycles. The summed E-state index contributed by atoms with van der Waals surface area (Å²) in [6.07, 6.45) is 6.41. The number of esters is 1. The fourth-order valence-corrected chi connectivity index (χ4v) is 5.81. The summed E-state index contributed by atoms with van der Waals surface area (Å²) in [5, 5.41) is 0.802. The van der Waals surface area contributed by atoms with Crippen LogP contribution in [0.2, 0.25) is 0 Å². The van der Waals surface area contributed by atoms with E-state index in [0.717, 1.165) is 29.5 Å². The maximum atomic E-state index is 13.4. The molecule has 0 saturated heterocycles. The summed E-state index contributed by atoms with van der Waals surface area (Å²) in [5.74, 6) is 0.236. The van der Waals surface area contributed by atoms with Crippen molar-refractivity contribution in [2.45, 2.75) is 105 Å². The molecule has 0 amide bonds. The van der Waals surface area contributed by atoms with Gasteiger partial charge in [-0.25, -0.2) is 19.1 Å². The third-order valence-corrected chi connectivity index (χ3v) is 8.15. The Hall–Kier alpha value is -2.70. The molecule has 3 atom stereocenters. The fraction of sp³-hybridized carbons (Fsp3) is 0.655. The van der Waals surface area contributed by atoms with Crippen LogP contribution >= 0.6 is 0 Å². The van der Waals surface area contributed by atoms with Gasteiger partial charge in [-0.15, -0.1) is 0 Å². The second kappa shape index (κ2) is 8.70. The molecule has 7 heteroatoms. The third kappa shape index (κ3) is 4.81. The minimum absolute atomic E-state index is 0.0238. The van der Waals surface area contributed by atoms with E-state index in [2.05, 4.69) is 25.8 Å². The van der Waals surface area contributed by atoms with Gasteiger partial charge in [-0.05, 0) is 89.8 Å². The first-order valence-corrected chi connectivity index (χ1v) is 13.0. The zero-order chi connectivity index (χ0) is 26.7. The van der Waals surface area contributed by atoms with Crippen molar-refractivity contribution in [3.63, 3.8) is 0 Å². The lowest BCUT2D eigenvalue weighted by atomic mass is 9.70. The number of carbonyl (C=O) groups excluding carboxylic acids is 2. The number of rotatable bonds is 4. The van der Waals surface area contributed by atoms with Crippen LogP contribution in [0.3, 0.4) is 0 Å². The Labute approximate surface area is 214 Å². The van der Waals surface area contributed by atoms with Crippen LogP contribution in [0.1, 0.15) is 87.1 Å². The Morgan fingerprint density at radius 2 is 1.81 bits per heavy atom. The second-order valence-corrected chi connectivity index (χ2v) is 13.2. The Bertz CT molecular complexity index is 1210. The second-order valence-electron chi connectivity index (χ2n) is 13.2. The smallest absolute Gasteiger partial charge is 0.420 e. The molecule has 2 heterocycles. The largest absolute Gasteiger partial charge is 0.458 e. The molecular weight excluding hydrogens is 454 g/mol. The summed E-state index contributed by atoms with van der Waals surface area (Å²) in [4.78, 5) is 36.0. The quantitative estimate of drug-likeness (QED) is 0.461. The lowest BCUT2D eigenvalue weighted by Gasteiger charge is -2.35. The van der Waals surface area contributed by atoms with E-state index in [1.807, 2.05) is 53.7 Å². The zero-order valence-electron chi connectivity index (χ0n) is 23.3. The summed E-state index contributed by atoms with van der Waals surface area (Å²) in [7, 11) is 0. The summed E-state index contributed by atoms with van der Waals surface area (Å²) in [5.41, 5.74) is 1.30. The molecule has 0 N–H and O–H groups in total.